The van der Waals surface area contributed by atoms with Crippen LogP contribution in [0.25, 0.3) is 0 Å². The molecule has 1 aromatic rings. The summed E-state index contributed by atoms with van der Waals surface area (Å²) in [5, 5.41) is 0. The molecule has 1 fully saturated rings. The van der Waals surface area contributed by atoms with Crippen molar-refractivity contribution in [1.82, 2.24) is 9.88 Å². The number of rotatable bonds is 5. The molecular formula is C12H19N3O. The Balaban J connectivity index is 1.87. The minimum absolute atomic E-state index is 0.182. The van der Waals surface area contributed by atoms with Crippen LogP contribution in [0.15, 0.2) is 24.5 Å². The number of nitrogens with zero attached hydrogens (tertiary/aromatic N) is 2. The van der Waals surface area contributed by atoms with Crippen LogP contribution in [0.2, 0.25) is 0 Å². The van der Waals surface area contributed by atoms with Gasteiger partial charge >= 0.3 is 0 Å². The molecule has 0 amide bonds. The molecule has 4 nitrogen and oxygen atoms in total. The fourth-order valence-electron chi connectivity index (χ4n) is 2.09. The highest BCUT2D eigenvalue weighted by Gasteiger charge is 2.38. The van der Waals surface area contributed by atoms with E-state index in [1.165, 1.54) is 5.56 Å². The lowest BCUT2D eigenvalue weighted by atomic mass is 9.85. The van der Waals surface area contributed by atoms with Gasteiger partial charge < -0.3 is 15.4 Å². The van der Waals surface area contributed by atoms with Crippen molar-refractivity contribution < 1.29 is 4.74 Å². The van der Waals surface area contributed by atoms with E-state index in [-0.39, 0.29) is 5.41 Å². The molecule has 4 heteroatoms. The van der Waals surface area contributed by atoms with Crippen molar-refractivity contribution in [1.29, 1.82) is 0 Å². The van der Waals surface area contributed by atoms with E-state index in [4.69, 9.17) is 10.5 Å². The van der Waals surface area contributed by atoms with Crippen molar-refractivity contribution in [3.05, 3.63) is 30.1 Å². The molecule has 0 radical (unpaired) electrons. The zero-order valence-electron chi connectivity index (χ0n) is 9.72. The maximum absolute atomic E-state index is 5.79. The van der Waals surface area contributed by atoms with Crippen LogP contribution in [-0.2, 0) is 11.3 Å². The van der Waals surface area contributed by atoms with Gasteiger partial charge in [-0.05, 0) is 24.7 Å². The number of hydrogen-bond donors (Lipinski definition) is 1. The van der Waals surface area contributed by atoms with Crippen LogP contribution in [0.1, 0.15) is 5.56 Å². The lowest BCUT2D eigenvalue weighted by Crippen LogP contribution is -2.54. The maximum atomic E-state index is 5.79. The van der Waals surface area contributed by atoms with Crippen LogP contribution in [0, 0.1) is 5.41 Å². The topological polar surface area (TPSA) is 51.4 Å². The second kappa shape index (κ2) is 4.91. The highest BCUT2D eigenvalue weighted by atomic mass is 16.5. The van der Waals surface area contributed by atoms with Gasteiger partial charge in [-0.3, -0.25) is 4.98 Å². The second-order valence-corrected chi connectivity index (χ2v) is 4.72. The van der Waals surface area contributed by atoms with Gasteiger partial charge in [-0.2, -0.15) is 0 Å². The summed E-state index contributed by atoms with van der Waals surface area (Å²) in [6.07, 6.45) is 3.66. The van der Waals surface area contributed by atoms with Crippen LogP contribution in [0.3, 0.4) is 0 Å². The third kappa shape index (κ3) is 2.58. The summed E-state index contributed by atoms with van der Waals surface area (Å²) in [5.41, 5.74) is 7.26. The molecule has 2 rings (SSSR count). The van der Waals surface area contributed by atoms with Crippen LogP contribution in [0.4, 0.5) is 0 Å². The van der Waals surface area contributed by atoms with Crippen LogP contribution in [-0.4, -0.2) is 43.2 Å². The summed E-state index contributed by atoms with van der Waals surface area (Å²) >= 11 is 0. The second-order valence-electron chi connectivity index (χ2n) is 4.72. The lowest BCUT2D eigenvalue weighted by molar-refractivity contribution is -0.118. The van der Waals surface area contributed by atoms with Gasteiger partial charge in [0.25, 0.3) is 0 Å². The normalized spacial score (nSPS) is 18.4. The van der Waals surface area contributed by atoms with Gasteiger partial charge in [0.1, 0.15) is 0 Å². The fourth-order valence-corrected chi connectivity index (χ4v) is 2.09. The summed E-state index contributed by atoms with van der Waals surface area (Å²) in [4.78, 5) is 6.31. The molecule has 0 aliphatic carbocycles. The first-order chi connectivity index (χ1) is 7.74. The van der Waals surface area contributed by atoms with E-state index in [1.807, 2.05) is 24.5 Å². The first kappa shape index (κ1) is 11.5. The van der Waals surface area contributed by atoms with Gasteiger partial charge in [-0.25, -0.2) is 0 Å². The Bertz CT molecular complexity index is 319. The molecule has 0 spiro atoms. The number of pyridine rings is 1. The van der Waals surface area contributed by atoms with Crippen molar-refractivity contribution >= 4 is 0 Å². The number of hydrogen-bond acceptors (Lipinski definition) is 4. The summed E-state index contributed by atoms with van der Waals surface area (Å²) in [6.45, 7) is 4.22. The third-order valence-electron chi connectivity index (χ3n) is 3.06. The average molecular weight is 221 g/mol. The Morgan fingerprint density at radius 3 is 2.62 bits per heavy atom. The average Bonchev–Trinajstić information content (AvgIpc) is 2.25. The smallest absolute Gasteiger partial charge is 0.0569 e. The van der Waals surface area contributed by atoms with Gasteiger partial charge in [0.2, 0.25) is 0 Å². The first-order valence-corrected chi connectivity index (χ1v) is 5.59. The van der Waals surface area contributed by atoms with E-state index in [0.717, 1.165) is 26.3 Å². The summed E-state index contributed by atoms with van der Waals surface area (Å²) < 4.78 is 5.26. The molecule has 1 aliphatic rings. The molecule has 2 heterocycles. The highest BCUT2D eigenvalue weighted by Crippen LogP contribution is 2.27. The molecule has 1 aromatic heterocycles. The molecule has 1 aliphatic heterocycles. The van der Waals surface area contributed by atoms with Crippen molar-refractivity contribution in [2.75, 3.05) is 33.4 Å². The van der Waals surface area contributed by atoms with Crippen molar-refractivity contribution in [2.45, 2.75) is 6.54 Å². The molecule has 88 valence electrons. The quantitative estimate of drug-likeness (QED) is 0.786. The molecule has 0 saturated carbocycles. The van der Waals surface area contributed by atoms with Gasteiger partial charge in [0, 0.05) is 37.4 Å². The van der Waals surface area contributed by atoms with Crippen LogP contribution < -0.4 is 5.73 Å². The summed E-state index contributed by atoms with van der Waals surface area (Å²) in [7, 11) is 2.12. The molecule has 1 saturated heterocycles. The zero-order valence-corrected chi connectivity index (χ0v) is 9.72. The van der Waals surface area contributed by atoms with Crippen molar-refractivity contribution in [3.63, 3.8) is 0 Å². The first-order valence-electron chi connectivity index (χ1n) is 5.59. The summed E-state index contributed by atoms with van der Waals surface area (Å²) in [5.74, 6) is 0. The molecule has 0 aromatic carbocycles. The lowest BCUT2D eigenvalue weighted by Gasteiger charge is -2.43. The van der Waals surface area contributed by atoms with Crippen molar-refractivity contribution in [3.8, 4) is 0 Å². The zero-order chi connectivity index (χ0) is 11.4. The van der Waals surface area contributed by atoms with E-state index in [0.29, 0.717) is 6.54 Å². The monoisotopic (exact) mass is 221 g/mol. The highest BCUT2D eigenvalue weighted by molar-refractivity contribution is 5.09. The molecular weight excluding hydrogens is 202 g/mol. The fraction of sp³-hybridized carbons (Fsp3) is 0.583. The van der Waals surface area contributed by atoms with Crippen molar-refractivity contribution in [2.24, 2.45) is 11.1 Å². The van der Waals surface area contributed by atoms with E-state index >= 15 is 0 Å². The predicted molar refractivity (Wildman–Crippen MR) is 62.9 cm³/mol. The minimum atomic E-state index is 0.182. The minimum Gasteiger partial charge on any atom is -0.380 e. The third-order valence-corrected chi connectivity index (χ3v) is 3.06. The number of aromatic nitrogens is 1. The van der Waals surface area contributed by atoms with Gasteiger partial charge in [-0.1, -0.05) is 0 Å². The SMILES string of the molecule is CN(Cc1ccncc1)CC1(CN)COC1. The van der Waals surface area contributed by atoms with E-state index in [1.54, 1.807) is 0 Å². The number of ether oxygens (including phenoxy) is 1. The Hall–Kier alpha value is -0.970. The molecule has 0 unspecified atom stereocenters. The Morgan fingerprint density at radius 2 is 2.12 bits per heavy atom. The van der Waals surface area contributed by atoms with Gasteiger partial charge in [0.15, 0.2) is 0 Å². The van der Waals surface area contributed by atoms with E-state index < -0.39 is 0 Å². The molecule has 16 heavy (non-hydrogen) atoms. The molecule has 0 atom stereocenters. The van der Waals surface area contributed by atoms with E-state index in [2.05, 4.69) is 16.9 Å². The Labute approximate surface area is 96.4 Å². The Morgan fingerprint density at radius 1 is 1.44 bits per heavy atom. The van der Waals surface area contributed by atoms with E-state index in [9.17, 15) is 0 Å². The predicted octanol–water partition coefficient (Wildman–Crippen LogP) is 0.489. The standard InChI is InChI=1S/C12H19N3O/c1-15(6-11-2-4-14-5-3-11)8-12(7-13)9-16-10-12/h2-5H,6-10,13H2,1H3. The van der Waals surface area contributed by atoms with Crippen LogP contribution >= 0.6 is 0 Å². The largest absolute Gasteiger partial charge is 0.380 e. The maximum Gasteiger partial charge on any atom is 0.0569 e. The van der Waals surface area contributed by atoms with Crippen LogP contribution in [0.5, 0.6) is 0 Å². The number of nitrogens with two attached hydrogens (primary N) is 1. The molecule has 0 bridgehead atoms. The van der Waals surface area contributed by atoms with Gasteiger partial charge in [0.05, 0.1) is 13.2 Å². The molecule has 2 N–H and O–H groups in total. The Kier molecular flexibility index (Phi) is 3.53. The summed E-state index contributed by atoms with van der Waals surface area (Å²) in [6, 6.07) is 4.09. The van der Waals surface area contributed by atoms with Gasteiger partial charge in [-0.15, -0.1) is 0 Å².